The number of esters is 1. The number of hydrogen-bond acceptors (Lipinski definition) is 7. The van der Waals surface area contributed by atoms with E-state index >= 15 is 0 Å². The number of carbonyl (C=O) groups is 5. The summed E-state index contributed by atoms with van der Waals surface area (Å²) in [5.74, 6) is 1.66. The summed E-state index contributed by atoms with van der Waals surface area (Å²) in [6, 6.07) is 9.27. The van der Waals surface area contributed by atoms with E-state index in [2.05, 4.69) is 36.2 Å². The molecule has 6 atom stereocenters. The molecular formula is C43H61N3O6. The molecule has 1 N–H and O–H groups in total. The second kappa shape index (κ2) is 13.7. The zero-order valence-corrected chi connectivity index (χ0v) is 32.6. The molecule has 8 rings (SSSR count). The van der Waals surface area contributed by atoms with Crippen molar-refractivity contribution in [3.05, 3.63) is 35.9 Å². The molecule has 6 saturated carbocycles. The molecule has 0 spiro atoms. The first-order valence-corrected chi connectivity index (χ1v) is 20.2. The summed E-state index contributed by atoms with van der Waals surface area (Å²) in [6.07, 6.45) is 5.67. The molecule has 0 aromatic heterocycles. The highest BCUT2D eigenvalue weighted by Gasteiger charge is 3.11. The van der Waals surface area contributed by atoms with E-state index in [0.29, 0.717) is 54.8 Å². The van der Waals surface area contributed by atoms with Crippen molar-refractivity contribution in [1.29, 1.82) is 0 Å². The summed E-state index contributed by atoms with van der Waals surface area (Å²) in [6.45, 7) is 10.9. The summed E-state index contributed by atoms with van der Waals surface area (Å²) in [5, 5.41) is 3.40. The Morgan fingerprint density at radius 1 is 0.962 bits per heavy atom. The number of piperidine rings is 1. The quantitative estimate of drug-likeness (QED) is 0.208. The predicted molar refractivity (Wildman–Crippen MR) is 198 cm³/mol. The van der Waals surface area contributed by atoms with Crippen LogP contribution in [0.4, 0.5) is 0 Å². The molecule has 2 amide bonds. The van der Waals surface area contributed by atoms with Gasteiger partial charge in [0.15, 0.2) is 11.6 Å². The molecule has 1 aromatic rings. The molecule has 9 nitrogen and oxygen atoms in total. The van der Waals surface area contributed by atoms with Crippen LogP contribution in [0.2, 0.25) is 0 Å². The van der Waals surface area contributed by atoms with E-state index < -0.39 is 12.0 Å². The third-order valence-electron chi connectivity index (χ3n) is 15.6. The van der Waals surface area contributed by atoms with Crippen LogP contribution >= 0.6 is 0 Å². The number of ketones is 2. The van der Waals surface area contributed by atoms with Crippen molar-refractivity contribution in [2.24, 2.45) is 70.0 Å². The smallest absolute Gasteiger partial charge is 0.308 e. The number of rotatable bonds is 18. The number of likely N-dealkylation sites (N-methyl/N-ethyl adjacent to an activating group) is 2. The van der Waals surface area contributed by atoms with Gasteiger partial charge < -0.3 is 15.0 Å². The Morgan fingerprint density at radius 3 is 2.15 bits per heavy atom. The van der Waals surface area contributed by atoms with Crippen LogP contribution in [-0.4, -0.2) is 85.0 Å². The maximum atomic E-state index is 14.3. The van der Waals surface area contributed by atoms with E-state index in [9.17, 15) is 24.0 Å². The Balaban J connectivity index is 0.994. The Hall–Kier alpha value is -3.07. The Kier molecular flexibility index (Phi) is 9.78. The molecule has 1 aromatic carbocycles. The minimum atomic E-state index is -0.528. The molecule has 1 aliphatic heterocycles. The van der Waals surface area contributed by atoms with Gasteiger partial charge in [-0.3, -0.25) is 28.9 Å². The largest absolute Gasteiger partial charge is 0.469 e. The van der Waals surface area contributed by atoms with Crippen LogP contribution in [0.25, 0.3) is 0 Å². The van der Waals surface area contributed by atoms with Crippen LogP contribution in [0.5, 0.6) is 0 Å². The van der Waals surface area contributed by atoms with Crippen molar-refractivity contribution in [3.63, 3.8) is 0 Å². The van der Waals surface area contributed by atoms with Crippen LogP contribution in [0, 0.1) is 70.0 Å². The second-order valence-electron chi connectivity index (χ2n) is 18.2. The Morgan fingerprint density at radius 2 is 1.60 bits per heavy atom. The van der Waals surface area contributed by atoms with Crippen molar-refractivity contribution < 1.29 is 28.7 Å². The van der Waals surface area contributed by atoms with Crippen LogP contribution in [0.15, 0.2) is 30.3 Å². The first kappa shape index (κ1) is 37.3. The van der Waals surface area contributed by atoms with E-state index in [1.807, 2.05) is 46.0 Å². The normalized spacial score (nSPS) is 35.8. The molecule has 0 unspecified atom stereocenters. The van der Waals surface area contributed by atoms with Gasteiger partial charge in [-0.15, -0.1) is 0 Å². The first-order chi connectivity index (χ1) is 24.8. The zero-order chi connectivity index (χ0) is 37.4. The molecule has 0 bridgehead atoms. The number of hydrogen-bond donors (Lipinski definition) is 1. The van der Waals surface area contributed by atoms with E-state index in [1.54, 1.807) is 11.9 Å². The molecule has 52 heavy (non-hydrogen) atoms. The zero-order valence-electron chi connectivity index (χ0n) is 32.6. The number of ether oxygens (including phenoxy) is 1. The molecule has 1 saturated heterocycles. The fraction of sp³-hybridized carbons (Fsp3) is 0.744. The number of likely N-dealkylation sites (tertiary alicyclic amines) is 1. The minimum absolute atomic E-state index is 0.0105. The lowest BCUT2D eigenvalue weighted by Gasteiger charge is -3.11. The average Bonchev–Trinajstić information content (AvgIpc) is 3.13. The average molecular weight is 716 g/mol. The van der Waals surface area contributed by atoms with Crippen molar-refractivity contribution in [2.45, 2.75) is 104 Å². The molecule has 9 heteroatoms. The number of nitrogens with one attached hydrogen (secondary N) is 1. The standard InChI is InChI=1S/C43H61N3O6/c1-9-24(4)28(21-30(47)29-17-13-14-18-45(29)6)39(49)46(7)38(23(2)3)31(48)22-42-32-35-33(42)37-34(42)36(32)43(35,37)41(51)44-27(19-25(5)40(50)52-8)20-26-15-11-10-12-16-26/h10-12,15-16,23-25,27-29,32-38H,9,13-14,17-22H2,1-8H3,(H,44,51)/t24-,25+,27-,28+,29-,32?,33?,34?,35?,36?,37?,38+,42?,43?/m1/s1. The molecule has 7 aliphatic rings. The highest BCUT2D eigenvalue weighted by molar-refractivity contribution is 5.96. The minimum Gasteiger partial charge on any atom is -0.469 e. The lowest BCUT2D eigenvalue weighted by atomic mass is 8.92. The Bertz CT molecular complexity index is 1540. The first-order valence-electron chi connectivity index (χ1n) is 20.2. The lowest BCUT2D eigenvalue weighted by molar-refractivity contribution is -0.640. The van der Waals surface area contributed by atoms with Gasteiger partial charge in [0.25, 0.3) is 0 Å². The number of Topliss-reactive ketones (excluding diaryl/α,β-unsaturated/α-hetero) is 2. The third-order valence-corrected chi connectivity index (χ3v) is 15.6. The van der Waals surface area contributed by atoms with Crippen molar-refractivity contribution in [1.82, 2.24) is 15.1 Å². The van der Waals surface area contributed by atoms with Crippen molar-refractivity contribution in [3.8, 4) is 0 Å². The summed E-state index contributed by atoms with van der Waals surface area (Å²) < 4.78 is 5.00. The van der Waals surface area contributed by atoms with Gasteiger partial charge in [0.1, 0.15) is 0 Å². The molecule has 0 radical (unpaired) electrons. The van der Waals surface area contributed by atoms with Gasteiger partial charge in [0, 0.05) is 31.8 Å². The molecule has 284 valence electrons. The second-order valence-corrected chi connectivity index (χ2v) is 18.2. The van der Waals surface area contributed by atoms with Gasteiger partial charge in [-0.05, 0) is 97.6 Å². The number of amides is 2. The number of benzene rings is 1. The van der Waals surface area contributed by atoms with E-state index in [4.69, 9.17) is 4.74 Å². The van der Waals surface area contributed by atoms with Gasteiger partial charge in [0.05, 0.1) is 30.5 Å². The van der Waals surface area contributed by atoms with E-state index in [0.717, 1.165) is 37.8 Å². The Labute approximate surface area is 310 Å². The van der Waals surface area contributed by atoms with Crippen LogP contribution in [0.3, 0.4) is 0 Å². The summed E-state index contributed by atoms with van der Waals surface area (Å²) in [7, 11) is 5.20. The SMILES string of the molecule is CC[C@@H](C)[C@H](CC(=O)[C@H]1CCCCN1C)C(=O)N(C)[C@H](C(=O)CC12C3C4C1C1C2C3C41C(=O)N[C@@H](Cc1ccccc1)C[C@H](C)C(=O)OC)C(C)C. The van der Waals surface area contributed by atoms with Gasteiger partial charge in [-0.25, -0.2) is 0 Å². The van der Waals surface area contributed by atoms with Crippen LogP contribution < -0.4 is 5.32 Å². The number of nitrogens with zero attached hydrogens (tertiary/aromatic N) is 2. The highest BCUT2D eigenvalue weighted by Crippen LogP contribution is 3.10. The molecule has 6 aliphatic carbocycles. The lowest BCUT2D eigenvalue weighted by Crippen LogP contribution is -3.11. The van der Waals surface area contributed by atoms with Gasteiger partial charge >= 0.3 is 5.97 Å². The molecular weight excluding hydrogens is 654 g/mol. The topological polar surface area (TPSA) is 113 Å². The summed E-state index contributed by atoms with van der Waals surface area (Å²) >= 11 is 0. The summed E-state index contributed by atoms with van der Waals surface area (Å²) in [4.78, 5) is 72.3. The maximum absolute atomic E-state index is 14.3. The summed E-state index contributed by atoms with van der Waals surface area (Å²) in [5.41, 5.74) is 0.844. The van der Waals surface area contributed by atoms with Gasteiger partial charge in [-0.2, -0.15) is 0 Å². The van der Waals surface area contributed by atoms with Gasteiger partial charge in [-0.1, -0.05) is 77.8 Å². The highest BCUT2D eigenvalue weighted by atomic mass is 16.5. The maximum Gasteiger partial charge on any atom is 0.308 e. The number of carbonyl (C=O) groups excluding carboxylic acids is 5. The fourth-order valence-corrected chi connectivity index (χ4v) is 13.2. The third kappa shape index (κ3) is 5.13. The predicted octanol–water partition coefficient (Wildman–Crippen LogP) is 5.20. The van der Waals surface area contributed by atoms with Gasteiger partial charge in [0.2, 0.25) is 11.8 Å². The van der Waals surface area contributed by atoms with Crippen molar-refractivity contribution in [2.75, 3.05) is 27.7 Å². The van der Waals surface area contributed by atoms with E-state index in [-0.39, 0.29) is 76.4 Å². The molecule has 7 fully saturated rings. The fourth-order valence-electron chi connectivity index (χ4n) is 13.2. The number of methoxy groups -OCH3 is 1. The van der Waals surface area contributed by atoms with E-state index in [1.165, 1.54) is 7.11 Å². The van der Waals surface area contributed by atoms with Crippen LogP contribution in [-0.2, 0) is 35.1 Å². The van der Waals surface area contributed by atoms with Crippen LogP contribution in [0.1, 0.15) is 85.1 Å². The van der Waals surface area contributed by atoms with Crippen molar-refractivity contribution >= 4 is 29.4 Å². The molecule has 1 heterocycles. The monoisotopic (exact) mass is 715 g/mol.